The summed E-state index contributed by atoms with van der Waals surface area (Å²) in [5.41, 5.74) is 0. The van der Waals surface area contributed by atoms with E-state index in [-0.39, 0.29) is 0 Å². The Labute approximate surface area is 95.5 Å². The molecule has 0 radical (unpaired) electrons. The van der Waals surface area contributed by atoms with E-state index in [4.69, 9.17) is 4.74 Å². The van der Waals surface area contributed by atoms with Crippen molar-refractivity contribution in [3.8, 4) is 5.75 Å². The highest BCUT2D eigenvalue weighted by Crippen LogP contribution is 2.30. The molecule has 15 heavy (non-hydrogen) atoms. The molecule has 1 aliphatic carbocycles. The van der Waals surface area contributed by atoms with Gasteiger partial charge in [0.2, 0.25) is 0 Å². The Morgan fingerprint density at radius 2 is 2.07 bits per heavy atom. The quantitative estimate of drug-likeness (QED) is 0.715. The van der Waals surface area contributed by atoms with Crippen molar-refractivity contribution in [2.24, 2.45) is 0 Å². The standard InChI is InChI=1S/C13H16OS/c1-14-11-7-9-13(10-8-11)15-12-5-3-2-4-6-12/h3,5,7-10,12H,2,4,6H2,1H3/t12-/m1/s1. The van der Waals surface area contributed by atoms with Gasteiger partial charge in [0, 0.05) is 10.1 Å². The second-order valence-corrected chi connectivity index (χ2v) is 5.00. The van der Waals surface area contributed by atoms with Crippen LogP contribution < -0.4 is 4.74 Å². The van der Waals surface area contributed by atoms with Crippen molar-refractivity contribution < 1.29 is 4.74 Å². The predicted molar refractivity (Wildman–Crippen MR) is 65.6 cm³/mol. The van der Waals surface area contributed by atoms with E-state index in [9.17, 15) is 0 Å². The van der Waals surface area contributed by atoms with Crippen molar-refractivity contribution in [2.75, 3.05) is 7.11 Å². The van der Waals surface area contributed by atoms with Gasteiger partial charge in [-0.3, -0.25) is 0 Å². The number of allylic oxidation sites excluding steroid dienone is 1. The number of hydrogen-bond donors (Lipinski definition) is 0. The van der Waals surface area contributed by atoms with Gasteiger partial charge in [0.1, 0.15) is 5.75 Å². The van der Waals surface area contributed by atoms with E-state index in [1.165, 1.54) is 24.2 Å². The summed E-state index contributed by atoms with van der Waals surface area (Å²) in [7, 11) is 1.70. The largest absolute Gasteiger partial charge is 0.497 e. The van der Waals surface area contributed by atoms with Crippen molar-refractivity contribution in [1.82, 2.24) is 0 Å². The molecule has 2 heteroatoms. The number of ether oxygens (including phenoxy) is 1. The van der Waals surface area contributed by atoms with Gasteiger partial charge in [0.15, 0.2) is 0 Å². The van der Waals surface area contributed by atoms with E-state index in [1.807, 2.05) is 23.9 Å². The van der Waals surface area contributed by atoms with Crippen LogP contribution in [0.25, 0.3) is 0 Å². The SMILES string of the molecule is COc1ccc(S[C@@H]2C=CCCC2)cc1. The van der Waals surface area contributed by atoms with Crippen molar-refractivity contribution >= 4 is 11.8 Å². The molecule has 0 N–H and O–H groups in total. The first-order valence-electron chi connectivity index (χ1n) is 5.36. The Kier molecular flexibility index (Phi) is 3.73. The molecule has 1 atom stereocenters. The van der Waals surface area contributed by atoms with Gasteiger partial charge in [-0.05, 0) is 43.5 Å². The maximum Gasteiger partial charge on any atom is 0.118 e. The zero-order chi connectivity index (χ0) is 10.5. The van der Waals surface area contributed by atoms with Crippen molar-refractivity contribution in [2.45, 2.75) is 29.4 Å². The average molecular weight is 220 g/mol. The molecule has 0 unspecified atom stereocenters. The molecule has 0 saturated carbocycles. The van der Waals surface area contributed by atoms with Crippen molar-refractivity contribution in [3.05, 3.63) is 36.4 Å². The van der Waals surface area contributed by atoms with Crippen LogP contribution in [-0.2, 0) is 0 Å². The van der Waals surface area contributed by atoms with E-state index in [1.54, 1.807) is 7.11 Å². The minimum absolute atomic E-state index is 0.659. The van der Waals surface area contributed by atoms with Gasteiger partial charge in [-0.15, -0.1) is 11.8 Å². The minimum atomic E-state index is 0.659. The highest BCUT2D eigenvalue weighted by molar-refractivity contribution is 8.00. The van der Waals surface area contributed by atoms with Crippen LogP contribution in [0.5, 0.6) is 5.75 Å². The van der Waals surface area contributed by atoms with Crippen LogP contribution in [0.4, 0.5) is 0 Å². The van der Waals surface area contributed by atoms with Crippen LogP contribution in [0.15, 0.2) is 41.3 Å². The summed E-state index contributed by atoms with van der Waals surface area (Å²) in [6, 6.07) is 8.31. The number of benzene rings is 1. The lowest BCUT2D eigenvalue weighted by Crippen LogP contribution is -2.01. The second kappa shape index (κ2) is 5.26. The van der Waals surface area contributed by atoms with Crippen molar-refractivity contribution in [1.29, 1.82) is 0 Å². The summed E-state index contributed by atoms with van der Waals surface area (Å²) in [6.45, 7) is 0. The third-order valence-electron chi connectivity index (χ3n) is 2.56. The number of methoxy groups -OCH3 is 1. The molecule has 80 valence electrons. The summed E-state index contributed by atoms with van der Waals surface area (Å²) >= 11 is 1.94. The van der Waals surface area contributed by atoms with Gasteiger partial charge in [0.05, 0.1) is 7.11 Å². The summed E-state index contributed by atoms with van der Waals surface area (Å²) in [4.78, 5) is 1.33. The number of rotatable bonds is 3. The first-order chi connectivity index (χ1) is 7.38. The predicted octanol–water partition coefficient (Wildman–Crippen LogP) is 3.90. The third kappa shape index (κ3) is 3.03. The Morgan fingerprint density at radius 3 is 2.67 bits per heavy atom. The molecule has 1 aliphatic rings. The molecule has 2 rings (SSSR count). The molecule has 0 fully saturated rings. The summed E-state index contributed by atoms with van der Waals surface area (Å²) in [5, 5.41) is 0.659. The van der Waals surface area contributed by atoms with Gasteiger partial charge in [0.25, 0.3) is 0 Å². The first kappa shape index (κ1) is 10.6. The van der Waals surface area contributed by atoms with Crippen LogP contribution in [-0.4, -0.2) is 12.4 Å². The molecular formula is C13H16OS. The van der Waals surface area contributed by atoms with E-state index in [2.05, 4.69) is 24.3 Å². The zero-order valence-electron chi connectivity index (χ0n) is 8.98. The smallest absolute Gasteiger partial charge is 0.118 e. The molecular weight excluding hydrogens is 204 g/mol. The molecule has 0 bridgehead atoms. The molecule has 0 aromatic heterocycles. The van der Waals surface area contributed by atoms with E-state index < -0.39 is 0 Å². The lowest BCUT2D eigenvalue weighted by atomic mass is 10.1. The van der Waals surface area contributed by atoms with Crippen LogP contribution in [0, 0.1) is 0 Å². The topological polar surface area (TPSA) is 9.23 Å². The van der Waals surface area contributed by atoms with E-state index in [0.29, 0.717) is 5.25 Å². The molecule has 0 amide bonds. The molecule has 0 spiro atoms. The van der Waals surface area contributed by atoms with Gasteiger partial charge in [-0.1, -0.05) is 12.2 Å². The Balaban J connectivity index is 1.97. The highest BCUT2D eigenvalue weighted by atomic mass is 32.2. The molecule has 1 nitrogen and oxygen atoms in total. The fourth-order valence-corrected chi connectivity index (χ4v) is 2.83. The van der Waals surface area contributed by atoms with Gasteiger partial charge in [-0.2, -0.15) is 0 Å². The van der Waals surface area contributed by atoms with Gasteiger partial charge in [-0.25, -0.2) is 0 Å². The molecule has 1 aromatic rings. The summed E-state index contributed by atoms with van der Waals surface area (Å²) in [5.74, 6) is 0.929. The van der Waals surface area contributed by atoms with E-state index in [0.717, 1.165) is 5.75 Å². The maximum atomic E-state index is 5.14. The third-order valence-corrected chi connectivity index (χ3v) is 3.80. The van der Waals surface area contributed by atoms with Crippen LogP contribution in [0.1, 0.15) is 19.3 Å². The number of hydrogen-bond acceptors (Lipinski definition) is 2. The Bertz CT molecular complexity index is 329. The minimum Gasteiger partial charge on any atom is -0.497 e. The zero-order valence-corrected chi connectivity index (χ0v) is 9.80. The first-order valence-corrected chi connectivity index (χ1v) is 6.24. The van der Waals surface area contributed by atoms with Crippen LogP contribution in [0.2, 0.25) is 0 Å². The van der Waals surface area contributed by atoms with Crippen LogP contribution in [0.3, 0.4) is 0 Å². The molecule has 1 aromatic carbocycles. The van der Waals surface area contributed by atoms with Gasteiger partial charge >= 0.3 is 0 Å². The monoisotopic (exact) mass is 220 g/mol. The van der Waals surface area contributed by atoms with Crippen LogP contribution >= 0.6 is 11.8 Å². The Hall–Kier alpha value is -0.890. The number of thioether (sulfide) groups is 1. The maximum absolute atomic E-state index is 5.14. The van der Waals surface area contributed by atoms with E-state index >= 15 is 0 Å². The molecule has 0 aliphatic heterocycles. The fraction of sp³-hybridized carbons (Fsp3) is 0.385. The molecule has 0 heterocycles. The van der Waals surface area contributed by atoms with Gasteiger partial charge < -0.3 is 4.74 Å². The van der Waals surface area contributed by atoms with Crippen molar-refractivity contribution in [3.63, 3.8) is 0 Å². The lowest BCUT2D eigenvalue weighted by Gasteiger charge is -2.15. The second-order valence-electron chi connectivity index (χ2n) is 3.69. The molecule has 0 saturated heterocycles. The summed E-state index contributed by atoms with van der Waals surface area (Å²) < 4.78 is 5.14. The normalized spacial score (nSPS) is 20.2. The Morgan fingerprint density at radius 1 is 1.27 bits per heavy atom. The highest BCUT2D eigenvalue weighted by Gasteiger charge is 2.09. The summed E-state index contributed by atoms with van der Waals surface area (Å²) in [6.07, 6.45) is 8.50. The fourth-order valence-electron chi connectivity index (χ4n) is 1.71. The lowest BCUT2D eigenvalue weighted by molar-refractivity contribution is 0.414. The average Bonchev–Trinajstić information content (AvgIpc) is 2.31.